The molecule has 1 amide bonds. The predicted octanol–water partition coefficient (Wildman–Crippen LogP) is 4.23. The monoisotopic (exact) mass is 340 g/mol. The van der Waals surface area contributed by atoms with Gasteiger partial charge in [-0.25, -0.2) is 4.98 Å². The first-order valence-corrected chi connectivity index (χ1v) is 8.86. The summed E-state index contributed by atoms with van der Waals surface area (Å²) in [5.41, 5.74) is 2.77. The molecule has 3 rings (SSSR count). The maximum absolute atomic E-state index is 12.3. The molecule has 24 heavy (non-hydrogen) atoms. The molecular weight excluding hydrogens is 320 g/mol. The number of carbonyl (C=O) groups excluding carboxylic acids is 1. The van der Waals surface area contributed by atoms with Crippen LogP contribution in [0.25, 0.3) is 11.1 Å². The second kappa shape index (κ2) is 7.53. The zero-order chi connectivity index (χ0) is 16.9. The van der Waals surface area contributed by atoms with Crippen molar-refractivity contribution in [2.24, 2.45) is 0 Å². The van der Waals surface area contributed by atoms with Gasteiger partial charge in [-0.3, -0.25) is 4.79 Å². The highest BCUT2D eigenvalue weighted by Crippen LogP contribution is 2.26. The summed E-state index contributed by atoms with van der Waals surface area (Å²) in [5.74, 6) is 0.265. The van der Waals surface area contributed by atoms with E-state index in [2.05, 4.69) is 29.4 Å². The Morgan fingerprint density at radius 1 is 1.12 bits per heavy atom. The van der Waals surface area contributed by atoms with E-state index in [0.717, 1.165) is 11.1 Å². The van der Waals surface area contributed by atoms with Crippen molar-refractivity contribution in [3.63, 3.8) is 0 Å². The van der Waals surface area contributed by atoms with Crippen LogP contribution in [0.15, 0.2) is 64.2 Å². The van der Waals surface area contributed by atoms with E-state index in [-0.39, 0.29) is 17.1 Å². The van der Waals surface area contributed by atoms with Crippen LogP contribution in [0, 0.1) is 0 Å². The van der Waals surface area contributed by atoms with E-state index in [9.17, 15) is 4.79 Å². The summed E-state index contributed by atoms with van der Waals surface area (Å²) in [5, 5.41) is 3.27. The first kappa shape index (κ1) is 16.6. The zero-order valence-electron chi connectivity index (χ0n) is 13.7. The lowest BCUT2D eigenvalue weighted by molar-refractivity contribution is -0.120. The molecule has 124 valence electrons. The van der Waals surface area contributed by atoms with Crippen molar-refractivity contribution in [3.05, 3.63) is 60.2 Å². The number of nitrogens with zero attached hydrogens (tertiary/aromatic N) is 1. The van der Waals surface area contributed by atoms with Gasteiger partial charge in [-0.15, -0.1) is 0 Å². The average Bonchev–Trinajstić information content (AvgIpc) is 3.02. The highest BCUT2D eigenvalue weighted by atomic mass is 32.2. The van der Waals surface area contributed by atoms with Gasteiger partial charge in [-0.1, -0.05) is 61.2 Å². The molecule has 0 spiro atoms. The molecule has 2 aromatic carbocycles. The number of para-hydroxylation sites is 2. The molecule has 0 radical (unpaired) electrons. The molecule has 5 heteroatoms. The van der Waals surface area contributed by atoms with Gasteiger partial charge in [0.15, 0.2) is 5.58 Å². The van der Waals surface area contributed by atoms with Crippen LogP contribution in [0.1, 0.15) is 25.3 Å². The van der Waals surface area contributed by atoms with Gasteiger partial charge >= 0.3 is 0 Å². The number of oxazole rings is 1. The van der Waals surface area contributed by atoms with Gasteiger partial charge in [0.25, 0.3) is 5.22 Å². The van der Waals surface area contributed by atoms with Crippen molar-refractivity contribution >= 4 is 28.8 Å². The molecule has 0 fully saturated rings. The Kier molecular flexibility index (Phi) is 5.20. The Bertz CT molecular complexity index is 783. The fourth-order valence-electron chi connectivity index (χ4n) is 2.40. The molecular formula is C19H20N2O2S. The molecule has 0 aliphatic rings. The number of carbonyl (C=O) groups is 1. The van der Waals surface area contributed by atoms with E-state index in [1.807, 2.05) is 49.4 Å². The van der Waals surface area contributed by atoms with E-state index in [1.165, 1.54) is 17.3 Å². The molecule has 1 N–H and O–H groups in total. The predicted molar refractivity (Wildman–Crippen MR) is 97.2 cm³/mol. The fraction of sp³-hybridized carbons (Fsp3) is 0.263. The topological polar surface area (TPSA) is 55.1 Å². The fourth-order valence-corrected chi connectivity index (χ4v) is 3.18. The van der Waals surface area contributed by atoms with Gasteiger partial charge in [-0.05, 0) is 30.5 Å². The molecule has 0 saturated carbocycles. The largest absolute Gasteiger partial charge is 0.431 e. The summed E-state index contributed by atoms with van der Waals surface area (Å²) in [6.07, 6.45) is 0. The number of hydrogen-bond donors (Lipinski definition) is 1. The highest BCUT2D eigenvalue weighted by molar-refractivity contribution is 8.00. The van der Waals surface area contributed by atoms with E-state index in [4.69, 9.17) is 4.42 Å². The van der Waals surface area contributed by atoms with Gasteiger partial charge in [-0.2, -0.15) is 0 Å². The quantitative estimate of drug-likeness (QED) is 0.682. The Hall–Kier alpha value is -2.27. The summed E-state index contributed by atoms with van der Waals surface area (Å²) in [6, 6.07) is 17.8. The van der Waals surface area contributed by atoms with Crippen molar-refractivity contribution in [1.29, 1.82) is 0 Å². The van der Waals surface area contributed by atoms with Crippen LogP contribution < -0.4 is 5.32 Å². The van der Waals surface area contributed by atoms with Crippen molar-refractivity contribution in [2.75, 3.05) is 6.54 Å². The first-order valence-electron chi connectivity index (χ1n) is 7.98. The minimum atomic E-state index is -0.263. The van der Waals surface area contributed by atoms with Crippen LogP contribution in [0.3, 0.4) is 0 Å². The number of rotatable bonds is 6. The Morgan fingerprint density at radius 2 is 1.83 bits per heavy atom. The third-order valence-electron chi connectivity index (χ3n) is 3.87. The smallest absolute Gasteiger partial charge is 0.257 e. The molecule has 4 nitrogen and oxygen atoms in total. The summed E-state index contributed by atoms with van der Waals surface area (Å²) in [7, 11) is 0. The number of aromatic nitrogens is 1. The lowest BCUT2D eigenvalue weighted by atomic mass is 10.0. The summed E-state index contributed by atoms with van der Waals surface area (Å²) < 4.78 is 5.66. The molecule has 0 bridgehead atoms. The van der Waals surface area contributed by atoms with Crippen molar-refractivity contribution in [3.8, 4) is 0 Å². The van der Waals surface area contributed by atoms with Crippen LogP contribution in [0.4, 0.5) is 0 Å². The standard InChI is InChI=1S/C19H20N2O2S/c1-13(15-8-4-3-5-9-15)12-20-18(22)14(2)24-19-21-16-10-6-7-11-17(16)23-19/h3-11,13-14H,12H2,1-2H3,(H,20,22). The van der Waals surface area contributed by atoms with Crippen LogP contribution in [-0.2, 0) is 4.79 Å². The maximum Gasteiger partial charge on any atom is 0.257 e. The average molecular weight is 340 g/mol. The van der Waals surface area contributed by atoms with Crippen LogP contribution in [0.5, 0.6) is 0 Å². The van der Waals surface area contributed by atoms with Crippen molar-refractivity contribution in [2.45, 2.75) is 30.2 Å². The van der Waals surface area contributed by atoms with E-state index in [1.54, 1.807) is 0 Å². The molecule has 0 saturated heterocycles. The summed E-state index contributed by atoms with van der Waals surface area (Å²) >= 11 is 1.34. The molecule has 2 unspecified atom stereocenters. The number of hydrogen-bond acceptors (Lipinski definition) is 4. The molecule has 2 atom stereocenters. The molecule has 0 aliphatic carbocycles. The normalized spacial score (nSPS) is 13.6. The number of benzene rings is 2. The summed E-state index contributed by atoms with van der Waals surface area (Å²) in [6.45, 7) is 4.58. The molecule has 1 heterocycles. The second-order valence-corrected chi connectivity index (χ2v) is 7.06. The Morgan fingerprint density at radius 3 is 2.58 bits per heavy atom. The van der Waals surface area contributed by atoms with Crippen LogP contribution in [-0.4, -0.2) is 22.7 Å². The van der Waals surface area contributed by atoms with Gasteiger partial charge in [0.05, 0.1) is 5.25 Å². The van der Waals surface area contributed by atoms with Gasteiger partial charge in [0.1, 0.15) is 5.52 Å². The number of amides is 1. The Labute approximate surface area is 145 Å². The van der Waals surface area contributed by atoms with Crippen molar-refractivity contribution in [1.82, 2.24) is 10.3 Å². The number of fused-ring (bicyclic) bond motifs is 1. The molecule has 0 aliphatic heterocycles. The number of nitrogens with one attached hydrogen (secondary N) is 1. The minimum absolute atomic E-state index is 0.00922. The number of thioether (sulfide) groups is 1. The van der Waals surface area contributed by atoms with Crippen molar-refractivity contribution < 1.29 is 9.21 Å². The van der Waals surface area contributed by atoms with Gasteiger partial charge in [0.2, 0.25) is 5.91 Å². The highest BCUT2D eigenvalue weighted by Gasteiger charge is 2.18. The lowest BCUT2D eigenvalue weighted by Gasteiger charge is -2.15. The second-order valence-electron chi connectivity index (χ2n) is 5.76. The van der Waals surface area contributed by atoms with E-state index < -0.39 is 0 Å². The van der Waals surface area contributed by atoms with Gasteiger partial charge in [0, 0.05) is 6.54 Å². The lowest BCUT2D eigenvalue weighted by Crippen LogP contribution is -2.33. The van der Waals surface area contributed by atoms with E-state index >= 15 is 0 Å². The zero-order valence-corrected chi connectivity index (χ0v) is 14.5. The molecule has 3 aromatic rings. The Balaban J connectivity index is 1.54. The third-order valence-corrected chi connectivity index (χ3v) is 4.82. The van der Waals surface area contributed by atoms with Crippen LogP contribution in [0.2, 0.25) is 0 Å². The molecule has 1 aromatic heterocycles. The first-order chi connectivity index (χ1) is 11.6. The third kappa shape index (κ3) is 3.97. The van der Waals surface area contributed by atoms with Gasteiger partial charge < -0.3 is 9.73 Å². The van der Waals surface area contributed by atoms with Crippen LogP contribution >= 0.6 is 11.8 Å². The SMILES string of the molecule is CC(Sc1nc2ccccc2o1)C(=O)NCC(C)c1ccccc1. The maximum atomic E-state index is 12.3. The minimum Gasteiger partial charge on any atom is -0.431 e. The van der Waals surface area contributed by atoms with E-state index in [0.29, 0.717) is 11.8 Å². The summed E-state index contributed by atoms with van der Waals surface area (Å²) in [4.78, 5) is 16.7.